The number of rotatable bonds is 6. The Balaban J connectivity index is 1.73. The fourth-order valence-electron chi connectivity index (χ4n) is 2.05. The highest BCUT2D eigenvalue weighted by Crippen LogP contribution is 1.99. The molecule has 23 heavy (non-hydrogen) atoms. The molecule has 2 N–H and O–H groups in total. The summed E-state index contributed by atoms with van der Waals surface area (Å²) in [5.41, 5.74) is 3.31. The molecular formula is C17H20N4O2. The van der Waals surface area contributed by atoms with Gasteiger partial charge in [-0.25, -0.2) is 0 Å². The van der Waals surface area contributed by atoms with E-state index < -0.39 is 0 Å². The maximum Gasteiger partial charge on any atom is 0.229 e. The quantitative estimate of drug-likeness (QED) is 0.790. The molecule has 0 aliphatic heterocycles. The minimum Gasteiger partial charge on any atom is -0.350 e. The van der Waals surface area contributed by atoms with E-state index in [1.54, 1.807) is 0 Å². The minimum atomic E-state index is -0.331. The number of nitrogens with one attached hydrogen (secondary N) is 2. The summed E-state index contributed by atoms with van der Waals surface area (Å²) >= 11 is 0. The molecule has 0 saturated heterocycles. The molecule has 0 aliphatic carbocycles. The van der Waals surface area contributed by atoms with Gasteiger partial charge in [0, 0.05) is 11.4 Å². The fraction of sp³-hybridized carbons (Fsp3) is 0.294. The molecule has 6 heteroatoms. The van der Waals surface area contributed by atoms with Crippen LogP contribution < -0.4 is 10.6 Å². The van der Waals surface area contributed by atoms with Gasteiger partial charge in [0.1, 0.15) is 6.42 Å². The van der Waals surface area contributed by atoms with E-state index in [4.69, 9.17) is 0 Å². The Morgan fingerprint density at radius 2 is 1.26 bits per heavy atom. The van der Waals surface area contributed by atoms with Crippen LogP contribution in [0.3, 0.4) is 0 Å². The van der Waals surface area contributed by atoms with Crippen molar-refractivity contribution in [3.8, 4) is 0 Å². The van der Waals surface area contributed by atoms with Crippen LogP contribution >= 0.6 is 0 Å². The molecule has 6 nitrogen and oxygen atoms in total. The normalized spacial score (nSPS) is 10.2. The van der Waals surface area contributed by atoms with Gasteiger partial charge < -0.3 is 10.6 Å². The lowest BCUT2D eigenvalue weighted by atomic mass is 10.3. The summed E-state index contributed by atoms with van der Waals surface area (Å²) in [6, 6.07) is 11.2. The first kappa shape index (κ1) is 16.6. The highest BCUT2D eigenvalue weighted by Gasteiger charge is 2.09. The Hall–Kier alpha value is -2.76. The van der Waals surface area contributed by atoms with Gasteiger partial charge >= 0.3 is 0 Å². The number of hydrogen-bond acceptors (Lipinski definition) is 4. The topological polar surface area (TPSA) is 84.0 Å². The Bertz CT molecular complexity index is 641. The number of nitrogens with zero attached hydrogens (tertiary/aromatic N) is 2. The first-order valence-corrected chi connectivity index (χ1v) is 7.41. The number of aryl methyl sites for hydroxylation is 2. The lowest BCUT2D eigenvalue weighted by Crippen LogP contribution is -2.31. The SMILES string of the molecule is Cc1cccc(CNC(=O)CC(=O)NCc2cccc(C)n2)n1. The van der Waals surface area contributed by atoms with Crippen LogP contribution in [0.4, 0.5) is 0 Å². The molecule has 0 saturated carbocycles. The van der Waals surface area contributed by atoms with Gasteiger partial charge in [-0.15, -0.1) is 0 Å². The summed E-state index contributed by atoms with van der Waals surface area (Å²) in [5.74, 6) is -0.661. The molecule has 0 atom stereocenters. The zero-order chi connectivity index (χ0) is 16.7. The van der Waals surface area contributed by atoms with Gasteiger partial charge in [-0.2, -0.15) is 0 Å². The molecule has 120 valence electrons. The first-order valence-electron chi connectivity index (χ1n) is 7.41. The van der Waals surface area contributed by atoms with Crippen molar-refractivity contribution in [3.63, 3.8) is 0 Å². The summed E-state index contributed by atoms with van der Waals surface area (Å²) in [6.45, 7) is 4.40. The Morgan fingerprint density at radius 3 is 1.65 bits per heavy atom. The van der Waals surface area contributed by atoms with Gasteiger partial charge in [-0.3, -0.25) is 19.6 Å². The second kappa shape index (κ2) is 8.03. The Morgan fingerprint density at radius 1 is 0.826 bits per heavy atom. The van der Waals surface area contributed by atoms with Crippen molar-refractivity contribution in [2.75, 3.05) is 0 Å². The zero-order valence-electron chi connectivity index (χ0n) is 13.3. The molecule has 2 amide bonds. The summed E-state index contributed by atoms with van der Waals surface area (Å²) in [5, 5.41) is 5.37. The maximum atomic E-state index is 11.8. The molecule has 0 radical (unpaired) electrons. The third-order valence-electron chi connectivity index (χ3n) is 3.15. The molecule has 2 aromatic heterocycles. The van der Waals surface area contributed by atoms with Crippen molar-refractivity contribution in [1.82, 2.24) is 20.6 Å². The molecule has 0 unspecified atom stereocenters. The van der Waals surface area contributed by atoms with Crippen LogP contribution in [0.25, 0.3) is 0 Å². The van der Waals surface area contributed by atoms with Crippen LogP contribution in [0.1, 0.15) is 29.2 Å². The van der Waals surface area contributed by atoms with Crippen LogP contribution in [-0.2, 0) is 22.7 Å². The summed E-state index contributed by atoms with van der Waals surface area (Å²) < 4.78 is 0. The number of aromatic nitrogens is 2. The van der Waals surface area contributed by atoms with Crippen LogP contribution in [0.15, 0.2) is 36.4 Å². The average Bonchev–Trinajstić information content (AvgIpc) is 2.51. The van der Waals surface area contributed by atoms with Gasteiger partial charge in [0.15, 0.2) is 0 Å². The van der Waals surface area contributed by atoms with Gasteiger partial charge in [0.2, 0.25) is 11.8 Å². The van der Waals surface area contributed by atoms with E-state index in [0.717, 1.165) is 22.8 Å². The van der Waals surface area contributed by atoms with E-state index in [1.165, 1.54) is 0 Å². The molecule has 2 aromatic rings. The predicted octanol–water partition coefficient (Wildman–Crippen LogP) is 1.42. The molecule has 0 bridgehead atoms. The van der Waals surface area contributed by atoms with Crippen LogP contribution in [0.5, 0.6) is 0 Å². The largest absolute Gasteiger partial charge is 0.350 e. The molecular weight excluding hydrogens is 292 g/mol. The Labute approximate surface area is 135 Å². The maximum absolute atomic E-state index is 11.8. The lowest BCUT2D eigenvalue weighted by molar-refractivity contribution is -0.129. The highest BCUT2D eigenvalue weighted by atomic mass is 16.2. The summed E-state index contributed by atoms with van der Waals surface area (Å²) in [4.78, 5) is 32.1. The number of hydrogen-bond donors (Lipinski definition) is 2. The number of carbonyl (C=O) groups excluding carboxylic acids is 2. The number of carbonyl (C=O) groups is 2. The standard InChI is InChI=1S/C17H20N4O2/c1-12-5-3-7-14(20-12)10-18-16(22)9-17(23)19-11-15-8-4-6-13(2)21-15/h3-8H,9-11H2,1-2H3,(H,18,22)(H,19,23). The minimum absolute atomic E-state index is 0.211. The van der Waals surface area contributed by atoms with Gasteiger partial charge in [-0.05, 0) is 38.1 Å². The lowest BCUT2D eigenvalue weighted by Gasteiger charge is -2.07. The second-order valence-corrected chi connectivity index (χ2v) is 5.27. The zero-order valence-corrected chi connectivity index (χ0v) is 13.3. The molecule has 0 fully saturated rings. The first-order chi connectivity index (χ1) is 11.0. The third kappa shape index (κ3) is 5.86. The van der Waals surface area contributed by atoms with Crippen molar-refractivity contribution < 1.29 is 9.59 Å². The van der Waals surface area contributed by atoms with Crippen LogP contribution in [0.2, 0.25) is 0 Å². The van der Waals surface area contributed by atoms with Crippen molar-refractivity contribution in [1.29, 1.82) is 0 Å². The van der Waals surface area contributed by atoms with Crippen molar-refractivity contribution in [3.05, 3.63) is 59.2 Å². The number of pyridine rings is 2. The predicted molar refractivity (Wildman–Crippen MR) is 86.3 cm³/mol. The van der Waals surface area contributed by atoms with E-state index in [0.29, 0.717) is 13.1 Å². The van der Waals surface area contributed by atoms with E-state index in [9.17, 15) is 9.59 Å². The van der Waals surface area contributed by atoms with Gasteiger partial charge in [0.05, 0.1) is 24.5 Å². The van der Waals surface area contributed by atoms with Gasteiger partial charge in [0.25, 0.3) is 0 Å². The van der Waals surface area contributed by atoms with E-state index in [1.807, 2.05) is 50.2 Å². The highest BCUT2D eigenvalue weighted by molar-refractivity contribution is 5.96. The van der Waals surface area contributed by atoms with Crippen LogP contribution in [-0.4, -0.2) is 21.8 Å². The van der Waals surface area contributed by atoms with E-state index in [-0.39, 0.29) is 18.2 Å². The van der Waals surface area contributed by atoms with Crippen molar-refractivity contribution >= 4 is 11.8 Å². The molecule has 0 aliphatic rings. The summed E-state index contributed by atoms with van der Waals surface area (Å²) in [7, 11) is 0. The molecule has 0 spiro atoms. The number of amides is 2. The molecule has 0 aromatic carbocycles. The van der Waals surface area contributed by atoms with E-state index >= 15 is 0 Å². The molecule has 2 heterocycles. The summed E-state index contributed by atoms with van der Waals surface area (Å²) in [6.07, 6.45) is -0.211. The monoisotopic (exact) mass is 312 g/mol. The Kier molecular flexibility index (Phi) is 5.80. The van der Waals surface area contributed by atoms with Crippen molar-refractivity contribution in [2.45, 2.75) is 33.4 Å². The average molecular weight is 312 g/mol. The fourth-order valence-corrected chi connectivity index (χ4v) is 2.05. The molecule has 2 rings (SSSR count). The van der Waals surface area contributed by atoms with E-state index in [2.05, 4.69) is 20.6 Å². The second-order valence-electron chi connectivity index (χ2n) is 5.27. The van der Waals surface area contributed by atoms with Crippen molar-refractivity contribution in [2.24, 2.45) is 0 Å². The van der Waals surface area contributed by atoms with Gasteiger partial charge in [-0.1, -0.05) is 12.1 Å². The van der Waals surface area contributed by atoms with Crippen LogP contribution in [0, 0.1) is 13.8 Å². The third-order valence-corrected chi connectivity index (χ3v) is 3.15. The smallest absolute Gasteiger partial charge is 0.229 e.